The first kappa shape index (κ1) is 19.2. The number of alkyl halides is 2. The van der Waals surface area contributed by atoms with Crippen molar-refractivity contribution >= 4 is 23.4 Å². The lowest BCUT2D eigenvalue weighted by Crippen LogP contribution is -2.29. The molecule has 1 amide bonds. The molecule has 134 valence electrons. The number of likely N-dealkylation sites (N-methyl/N-ethyl adjacent to an activating group) is 1. The van der Waals surface area contributed by atoms with E-state index in [1.807, 2.05) is 36.2 Å². The van der Waals surface area contributed by atoms with Crippen molar-refractivity contribution in [3.8, 4) is 5.75 Å². The molecule has 4 nitrogen and oxygen atoms in total. The molecule has 25 heavy (non-hydrogen) atoms. The number of amides is 1. The summed E-state index contributed by atoms with van der Waals surface area (Å²) >= 11 is 0.476. The zero-order valence-electron chi connectivity index (χ0n) is 14.0. The number of nitrogens with zero attached hydrogens (tertiary/aromatic N) is 1. The fourth-order valence-electron chi connectivity index (χ4n) is 2.30. The van der Waals surface area contributed by atoms with Crippen molar-refractivity contribution < 1.29 is 18.3 Å². The van der Waals surface area contributed by atoms with Gasteiger partial charge in [-0.25, -0.2) is 0 Å². The molecule has 0 radical (unpaired) electrons. The highest BCUT2D eigenvalue weighted by molar-refractivity contribution is 7.99. The van der Waals surface area contributed by atoms with Gasteiger partial charge in [0, 0.05) is 17.1 Å². The summed E-state index contributed by atoms with van der Waals surface area (Å²) < 4.78 is 29.7. The number of carbonyl (C=O) groups is 1. The van der Waals surface area contributed by atoms with E-state index in [-0.39, 0.29) is 12.5 Å². The molecule has 0 aromatic heterocycles. The van der Waals surface area contributed by atoms with E-state index in [2.05, 4.69) is 5.32 Å². The van der Waals surface area contributed by atoms with Crippen LogP contribution in [0.5, 0.6) is 5.75 Å². The van der Waals surface area contributed by atoms with Crippen molar-refractivity contribution in [2.75, 3.05) is 26.0 Å². The van der Waals surface area contributed by atoms with E-state index in [0.717, 1.165) is 11.3 Å². The number of rotatable bonds is 8. The van der Waals surface area contributed by atoms with Crippen molar-refractivity contribution in [1.82, 2.24) is 4.90 Å². The van der Waals surface area contributed by atoms with Crippen LogP contribution in [0.3, 0.4) is 0 Å². The van der Waals surface area contributed by atoms with Gasteiger partial charge in [0.05, 0.1) is 13.7 Å². The molecule has 0 unspecified atom stereocenters. The maximum absolute atomic E-state index is 12.3. The number of thioether (sulfide) groups is 1. The van der Waals surface area contributed by atoms with E-state index in [1.165, 1.54) is 0 Å². The smallest absolute Gasteiger partial charge is 0.288 e. The number of halogens is 2. The van der Waals surface area contributed by atoms with Gasteiger partial charge in [-0.3, -0.25) is 9.69 Å². The normalized spacial score (nSPS) is 11.0. The van der Waals surface area contributed by atoms with E-state index in [1.54, 1.807) is 31.4 Å². The molecule has 2 aromatic carbocycles. The average molecular weight is 366 g/mol. The quantitative estimate of drug-likeness (QED) is 0.715. The van der Waals surface area contributed by atoms with Crippen LogP contribution >= 0.6 is 11.8 Å². The summed E-state index contributed by atoms with van der Waals surface area (Å²) in [6.45, 7) is 0.819. The molecule has 0 spiro atoms. The lowest BCUT2D eigenvalue weighted by molar-refractivity contribution is -0.117. The molecule has 0 aliphatic carbocycles. The largest absolute Gasteiger partial charge is 0.497 e. The Kier molecular flexibility index (Phi) is 7.21. The van der Waals surface area contributed by atoms with Gasteiger partial charge in [-0.15, -0.1) is 0 Å². The van der Waals surface area contributed by atoms with Crippen molar-refractivity contribution in [1.29, 1.82) is 0 Å². The van der Waals surface area contributed by atoms with Gasteiger partial charge in [0.15, 0.2) is 0 Å². The highest BCUT2D eigenvalue weighted by atomic mass is 32.2. The van der Waals surface area contributed by atoms with Crippen LogP contribution in [0.4, 0.5) is 14.5 Å². The van der Waals surface area contributed by atoms with Gasteiger partial charge >= 0.3 is 0 Å². The second-order valence-corrected chi connectivity index (χ2v) is 6.54. The van der Waals surface area contributed by atoms with Crippen LogP contribution in [0.25, 0.3) is 0 Å². The number of nitrogens with one attached hydrogen (secondary N) is 1. The summed E-state index contributed by atoms with van der Waals surface area (Å²) in [5.74, 6) is -1.84. The predicted molar refractivity (Wildman–Crippen MR) is 96.3 cm³/mol. The van der Waals surface area contributed by atoms with Crippen LogP contribution in [-0.4, -0.2) is 37.3 Å². The summed E-state index contributed by atoms with van der Waals surface area (Å²) in [6.07, 6.45) is 0. The minimum Gasteiger partial charge on any atom is -0.497 e. The Bertz CT molecular complexity index is 696. The fourth-order valence-corrected chi connectivity index (χ4v) is 2.80. The molecule has 0 aliphatic heterocycles. The summed E-state index contributed by atoms with van der Waals surface area (Å²) in [4.78, 5) is 14.4. The molecule has 2 rings (SSSR count). The van der Waals surface area contributed by atoms with Crippen molar-refractivity contribution in [2.24, 2.45) is 0 Å². The second kappa shape index (κ2) is 9.39. The van der Waals surface area contributed by atoms with E-state index in [9.17, 15) is 13.6 Å². The molecule has 0 bridgehead atoms. The maximum atomic E-state index is 12.3. The molecule has 0 fully saturated rings. The molecule has 0 aliphatic rings. The molecule has 1 N–H and O–H groups in total. The summed E-state index contributed by atoms with van der Waals surface area (Å²) in [7, 11) is 3.46. The second-order valence-electron chi connectivity index (χ2n) is 5.47. The molecule has 0 saturated heterocycles. The maximum Gasteiger partial charge on any atom is 0.288 e. The molecule has 0 saturated carbocycles. The van der Waals surface area contributed by atoms with Crippen molar-refractivity contribution in [3.05, 3.63) is 54.1 Å². The van der Waals surface area contributed by atoms with Crippen LogP contribution in [-0.2, 0) is 11.3 Å². The number of hydrogen-bond donors (Lipinski definition) is 1. The van der Waals surface area contributed by atoms with Gasteiger partial charge < -0.3 is 10.1 Å². The lowest BCUT2D eigenvalue weighted by Gasteiger charge is -2.17. The van der Waals surface area contributed by atoms with Gasteiger partial charge in [0.25, 0.3) is 5.76 Å². The van der Waals surface area contributed by atoms with E-state index < -0.39 is 5.76 Å². The Labute approximate surface area is 150 Å². The highest BCUT2D eigenvalue weighted by Gasteiger charge is 2.09. The summed E-state index contributed by atoms with van der Waals surface area (Å²) in [5, 5.41) is 2.76. The first-order valence-electron chi connectivity index (χ1n) is 7.62. The predicted octanol–water partition coefficient (Wildman–Crippen LogP) is 4.08. The number of anilines is 1. The van der Waals surface area contributed by atoms with E-state index >= 15 is 0 Å². The third kappa shape index (κ3) is 6.72. The van der Waals surface area contributed by atoms with E-state index in [4.69, 9.17) is 4.74 Å². The lowest BCUT2D eigenvalue weighted by atomic mass is 10.2. The van der Waals surface area contributed by atoms with Gasteiger partial charge in [0.1, 0.15) is 5.75 Å². The van der Waals surface area contributed by atoms with Gasteiger partial charge in [-0.2, -0.15) is 8.78 Å². The molecular formula is C18H20F2N2O2S. The number of ether oxygens (including phenoxy) is 1. The minimum absolute atomic E-state index is 0.167. The zero-order chi connectivity index (χ0) is 18.2. The number of carbonyl (C=O) groups excluding carboxylic acids is 1. The molecular weight excluding hydrogens is 346 g/mol. The van der Waals surface area contributed by atoms with Crippen LogP contribution in [0.2, 0.25) is 0 Å². The Morgan fingerprint density at radius 2 is 1.96 bits per heavy atom. The topological polar surface area (TPSA) is 41.6 Å². The summed E-state index contributed by atoms with van der Waals surface area (Å²) in [5.41, 5.74) is 1.63. The highest BCUT2D eigenvalue weighted by Crippen LogP contribution is 2.26. The van der Waals surface area contributed by atoms with Crippen molar-refractivity contribution in [2.45, 2.75) is 17.2 Å². The third-order valence-electron chi connectivity index (χ3n) is 3.36. The Balaban J connectivity index is 1.84. The third-order valence-corrected chi connectivity index (χ3v) is 4.09. The van der Waals surface area contributed by atoms with Gasteiger partial charge in [0.2, 0.25) is 5.91 Å². The molecule has 2 aromatic rings. The van der Waals surface area contributed by atoms with E-state index in [0.29, 0.717) is 28.9 Å². The Morgan fingerprint density at radius 3 is 2.60 bits per heavy atom. The van der Waals surface area contributed by atoms with Crippen LogP contribution in [0.15, 0.2) is 53.4 Å². The average Bonchev–Trinajstić information content (AvgIpc) is 2.56. The summed E-state index contributed by atoms with van der Waals surface area (Å²) in [6, 6.07) is 14.0. The number of benzene rings is 2. The Morgan fingerprint density at radius 1 is 1.24 bits per heavy atom. The van der Waals surface area contributed by atoms with Crippen LogP contribution in [0, 0.1) is 0 Å². The molecule has 7 heteroatoms. The fraction of sp³-hybridized carbons (Fsp3) is 0.278. The molecule has 0 atom stereocenters. The SMILES string of the molecule is COc1cccc(CN(C)CC(=O)Nc2ccc(SC(F)F)cc2)c1. The van der Waals surface area contributed by atoms with Gasteiger partial charge in [-0.1, -0.05) is 23.9 Å². The monoisotopic (exact) mass is 366 g/mol. The standard InChI is InChI=1S/C18H20F2N2O2S/c1-22(11-13-4-3-5-15(10-13)24-2)12-17(23)21-14-6-8-16(9-7-14)25-18(19)20/h3-10,18H,11-12H2,1-2H3,(H,21,23). The number of methoxy groups -OCH3 is 1. The van der Waals surface area contributed by atoms with Crippen LogP contribution in [0.1, 0.15) is 5.56 Å². The first-order valence-corrected chi connectivity index (χ1v) is 8.50. The zero-order valence-corrected chi connectivity index (χ0v) is 14.9. The Hall–Kier alpha value is -2.12. The van der Waals surface area contributed by atoms with Gasteiger partial charge in [-0.05, 0) is 49.0 Å². The molecule has 0 heterocycles. The van der Waals surface area contributed by atoms with Crippen LogP contribution < -0.4 is 10.1 Å². The number of hydrogen-bond acceptors (Lipinski definition) is 4. The minimum atomic E-state index is -2.45. The van der Waals surface area contributed by atoms with Crippen molar-refractivity contribution in [3.63, 3.8) is 0 Å². The first-order chi connectivity index (χ1) is 12.0.